The summed E-state index contributed by atoms with van der Waals surface area (Å²) in [5, 5.41) is 17.5. The average Bonchev–Trinajstić information content (AvgIpc) is 2.47. The third-order valence-electron chi connectivity index (χ3n) is 3.70. The van der Waals surface area contributed by atoms with E-state index in [0.29, 0.717) is 6.42 Å². The molecule has 0 rings (SSSR count). The Hall–Kier alpha value is -0.450. The Kier molecular flexibility index (Phi) is 16.2. The highest BCUT2D eigenvalue weighted by atomic mass is 16.5. The van der Waals surface area contributed by atoms with Crippen LogP contribution < -0.4 is 5.48 Å². The first-order valence-corrected chi connectivity index (χ1v) is 8.32. The summed E-state index contributed by atoms with van der Waals surface area (Å²) in [5.41, 5.74) is 1.85. The lowest BCUT2D eigenvalue weighted by Gasteiger charge is -2.07. The summed E-state index contributed by atoms with van der Waals surface area (Å²) < 4.78 is 0. The van der Waals surface area contributed by atoms with Gasteiger partial charge in [0.05, 0.1) is 0 Å². The first-order chi connectivity index (χ1) is 9.81. The smallest absolute Gasteiger partial charge is 0.126 e. The molecule has 4 heteroatoms. The van der Waals surface area contributed by atoms with Crippen molar-refractivity contribution < 1.29 is 15.1 Å². The number of rotatable bonds is 16. The third-order valence-corrected chi connectivity index (χ3v) is 3.70. The van der Waals surface area contributed by atoms with E-state index < -0.39 is 6.23 Å². The molecule has 0 aromatic carbocycles. The molecule has 0 fully saturated rings. The van der Waals surface area contributed by atoms with Gasteiger partial charge >= 0.3 is 0 Å². The van der Waals surface area contributed by atoms with Crippen LogP contribution in [0.25, 0.3) is 0 Å². The largest absolute Gasteiger partial charge is 0.377 e. The lowest BCUT2D eigenvalue weighted by atomic mass is 10.0. The molecule has 0 aromatic rings. The Morgan fingerprint density at radius 1 is 0.750 bits per heavy atom. The van der Waals surface area contributed by atoms with Gasteiger partial charge in [-0.15, -0.1) is 0 Å². The summed E-state index contributed by atoms with van der Waals surface area (Å²) in [7, 11) is 0. The molecular formula is C16H33NO3. The quantitative estimate of drug-likeness (QED) is 0.174. The van der Waals surface area contributed by atoms with Gasteiger partial charge in [0.2, 0.25) is 0 Å². The second-order valence-electron chi connectivity index (χ2n) is 5.63. The zero-order chi connectivity index (χ0) is 14.9. The molecule has 120 valence electrons. The topological polar surface area (TPSA) is 69.6 Å². The van der Waals surface area contributed by atoms with Crippen molar-refractivity contribution in [3.63, 3.8) is 0 Å². The molecule has 0 radical (unpaired) electrons. The van der Waals surface area contributed by atoms with Crippen molar-refractivity contribution in [3.8, 4) is 0 Å². The lowest BCUT2D eigenvalue weighted by Crippen LogP contribution is -2.24. The maximum Gasteiger partial charge on any atom is 0.126 e. The molecule has 0 heterocycles. The van der Waals surface area contributed by atoms with E-state index in [2.05, 4.69) is 0 Å². The van der Waals surface area contributed by atoms with Crippen LogP contribution in [0.15, 0.2) is 0 Å². The van der Waals surface area contributed by atoms with Crippen molar-refractivity contribution >= 4 is 6.29 Å². The highest BCUT2D eigenvalue weighted by molar-refractivity contribution is 5.48. The number of aliphatic hydroxyl groups is 1. The normalized spacial score (nSPS) is 12.5. The monoisotopic (exact) mass is 287 g/mol. The van der Waals surface area contributed by atoms with E-state index in [1.165, 1.54) is 57.8 Å². The summed E-state index contributed by atoms with van der Waals surface area (Å²) in [6, 6.07) is 0. The molecule has 3 N–H and O–H groups in total. The van der Waals surface area contributed by atoms with Gasteiger partial charge in [-0.3, -0.25) is 0 Å². The molecular weight excluding hydrogens is 254 g/mol. The van der Waals surface area contributed by atoms with Gasteiger partial charge in [-0.25, -0.2) is 0 Å². The predicted octanol–water partition coefficient (Wildman–Crippen LogP) is 3.94. The van der Waals surface area contributed by atoms with Crippen LogP contribution >= 0.6 is 0 Å². The second kappa shape index (κ2) is 16.6. The number of hydrogen-bond donors (Lipinski definition) is 3. The molecule has 0 aliphatic heterocycles. The number of hydroxylamine groups is 1. The maximum absolute atomic E-state index is 10.1. The van der Waals surface area contributed by atoms with Gasteiger partial charge < -0.3 is 15.1 Å². The second-order valence-corrected chi connectivity index (χ2v) is 5.63. The highest BCUT2D eigenvalue weighted by Crippen LogP contribution is 2.12. The van der Waals surface area contributed by atoms with Crippen LogP contribution in [0.3, 0.4) is 0 Å². The molecule has 4 nitrogen and oxygen atoms in total. The maximum atomic E-state index is 10.1. The molecule has 0 aromatic heterocycles. The van der Waals surface area contributed by atoms with Crippen molar-refractivity contribution in [1.82, 2.24) is 5.48 Å². The Balaban J connectivity index is 2.97. The van der Waals surface area contributed by atoms with Gasteiger partial charge in [-0.05, 0) is 19.3 Å². The summed E-state index contributed by atoms with van der Waals surface area (Å²) in [5.74, 6) is 0. The number of carbonyl (C=O) groups is 1. The van der Waals surface area contributed by atoms with E-state index in [1.54, 1.807) is 0 Å². The van der Waals surface area contributed by atoms with Crippen LogP contribution in [0.5, 0.6) is 0 Å². The molecule has 0 spiro atoms. The average molecular weight is 287 g/mol. The number of nitrogens with one attached hydrogen (secondary N) is 1. The minimum Gasteiger partial charge on any atom is -0.377 e. The zero-order valence-corrected chi connectivity index (χ0v) is 12.9. The number of aliphatic hydroxyl groups excluding tert-OH is 1. The number of unbranched alkanes of at least 4 members (excludes halogenated alkanes) is 12. The molecule has 0 amide bonds. The van der Waals surface area contributed by atoms with Crippen molar-refractivity contribution in [3.05, 3.63) is 0 Å². The molecule has 0 saturated heterocycles. The van der Waals surface area contributed by atoms with Crippen LogP contribution in [0.1, 0.15) is 89.9 Å². The minimum atomic E-state index is -0.762. The molecule has 0 bridgehead atoms. The highest BCUT2D eigenvalue weighted by Gasteiger charge is 1.99. The van der Waals surface area contributed by atoms with Crippen LogP contribution in [0.2, 0.25) is 0 Å². The Morgan fingerprint density at radius 3 is 1.55 bits per heavy atom. The SMILES string of the molecule is O=CCCCCCCCCCCCCCCC(O)NO. The van der Waals surface area contributed by atoms with Crippen LogP contribution in [0.4, 0.5) is 0 Å². The van der Waals surface area contributed by atoms with Gasteiger partial charge in [0, 0.05) is 6.42 Å². The fourth-order valence-corrected chi connectivity index (χ4v) is 2.40. The number of hydrogen-bond acceptors (Lipinski definition) is 4. The van der Waals surface area contributed by atoms with E-state index in [0.717, 1.165) is 32.0 Å². The number of carbonyl (C=O) groups excluding carboxylic acids is 1. The standard InChI is InChI=1S/C16H33NO3/c18-15-13-11-9-7-5-3-1-2-4-6-8-10-12-14-16(19)17-20/h15-17,19-20H,1-14H2. The van der Waals surface area contributed by atoms with Crippen LogP contribution in [0, 0.1) is 0 Å². The first kappa shape index (κ1) is 19.6. The molecule has 0 aliphatic rings. The Morgan fingerprint density at radius 2 is 1.15 bits per heavy atom. The first-order valence-electron chi connectivity index (χ1n) is 8.32. The van der Waals surface area contributed by atoms with Crippen LogP contribution in [-0.2, 0) is 4.79 Å². The summed E-state index contributed by atoms with van der Waals surface area (Å²) >= 11 is 0. The Labute approximate surface area is 123 Å². The predicted molar refractivity (Wildman–Crippen MR) is 81.6 cm³/mol. The molecule has 1 atom stereocenters. The fourth-order valence-electron chi connectivity index (χ4n) is 2.40. The van der Waals surface area contributed by atoms with E-state index in [1.807, 2.05) is 5.48 Å². The lowest BCUT2D eigenvalue weighted by molar-refractivity contribution is -0.107. The van der Waals surface area contributed by atoms with E-state index >= 15 is 0 Å². The molecule has 20 heavy (non-hydrogen) atoms. The minimum absolute atomic E-state index is 0.626. The summed E-state index contributed by atoms with van der Waals surface area (Å²) in [6.07, 6.45) is 16.4. The van der Waals surface area contributed by atoms with E-state index in [-0.39, 0.29) is 0 Å². The van der Waals surface area contributed by atoms with Gasteiger partial charge in [-0.1, -0.05) is 64.2 Å². The fraction of sp³-hybridized carbons (Fsp3) is 0.938. The zero-order valence-electron chi connectivity index (χ0n) is 12.9. The van der Waals surface area contributed by atoms with Crippen molar-refractivity contribution in [2.45, 2.75) is 96.1 Å². The van der Waals surface area contributed by atoms with Crippen molar-refractivity contribution in [2.75, 3.05) is 0 Å². The van der Waals surface area contributed by atoms with Gasteiger partial charge in [0.15, 0.2) is 0 Å². The molecule has 0 saturated carbocycles. The van der Waals surface area contributed by atoms with Crippen molar-refractivity contribution in [2.24, 2.45) is 0 Å². The summed E-state index contributed by atoms with van der Waals surface area (Å²) in [4.78, 5) is 10.1. The van der Waals surface area contributed by atoms with Crippen LogP contribution in [-0.4, -0.2) is 22.8 Å². The van der Waals surface area contributed by atoms with E-state index in [9.17, 15) is 4.79 Å². The van der Waals surface area contributed by atoms with E-state index in [4.69, 9.17) is 10.3 Å². The number of aldehydes is 1. The molecule has 0 aliphatic carbocycles. The van der Waals surface area contributed by atoms with Gasteiger partial charge in [0.1, 0.15) is 12.5 Å². The summed E-state index contributed by atoms with van der Waals surface area (Å²) in [6.45, 7) is 0. The Bertz CT molecular complexity index is 200. The third kappa shape index (κ3) is 15.6. The van der Waals surface area contributed by atoms with Gasteiger partial charge in [-0.2, -0.15) is 5.48 Å². The molecule has 1 unspecified atom stereocenters. The van der Waals surface area contributed by atoms with Crippen molar-refractivity contribution in [1.29, 1.82) is 0 Å². The van der Waals surface area contributed by atoms with Gasteiger partial charge in [0.25, 0.3) is 0 Å².